The van der Waals surface area contributed by atoms with Crippen LogP contribution in [0.2, 0.25) is 5.15 Å². The van der Waals surface area contributed by atoms with Crippen LogP contribution in [0.3, 0.4) is 0 Å². The number of alkyl halides is 3. The number of aromatic nitrogens is 2. The van der Waals surface area contributed by atoms with E-state index >= 15 is 0 Å². The summed E-state index contributed by atoms with van der Waals surface area (Å²) in [4.78, 5) is 17.7. The Labute approximate surface area is 147 Å². The van der Waals surface area contributed by atoms with Crippen LogP contribution >= 0.6 is 11.6 Å². The van der Waals surface area contributed by atoms with Crippen molar-refractivity contribution in [1.82, 2.24) is 9.55 Å². The van der Waals surface area contributed by atoms with Crippen LogP contribution in [-0.2, 0) is 13.1 Å². The molecule has 0 N–H and O–H groups in total. The summed E-state index contributed by atoms with van der Waals surface area (Å²) < 4.78 is 46.0. The molecule has 0 bridgehead atoms. The lowest BCUT2D eigenvalue weighted by molar-refractivity contribution is -0.0886. The van der Waals surface area contributed by atoms with Gasteiger partial charge in [0.15, 0.2) is 5.75 Å². The molecule has 0 unspecified atom stereocenters. The van der Waals surface area contributed by atoms with Crippen LogP contribution in [0, 0.1) is 6.92 Å². The van der Waals surface area contributed by atoms with Crippen molar-refractivity contribution in [1.29, 1.82) is 0 Å². The maximum atomic E-state index is 13.1. The second-order valence-electron chi connectivity index (χ2n) is 5.71. The van der Waals surface area contributed by atoms with Gasteiger partial charge in [0.2, 0.25) is 0 Å². The van der Waals surface area contributed by atoms with Crippen LogP contribution in [0.1, 0.15) is 21.6 Å². The van der Waals surface area contributed by atoms with Gasteiger partial charge in [0.25, 0.3) is 5.78 Å². The molecule has 0 atom stereocenters. The number of pyridine rings is 1. The average Bonchev–Trinajstić information content (AvgIpc) is 3.07. The van der Waals surface area contributed by atoms with Gasteiger partial charge < -0.3 is 14.2 Å². The van der Waals surface area contributed by atoms with Gasteiger partial charge in [-0.3, -0.25) is 4.79 Å². The number of rotatable bonds is 4. The molecule has 0 aromatic carbocycles. The van der Waals surface area contributed by atoms with Gasteiger partial charge in [-0.1, -0.05) is 17.7 Å². The van der Waals surface area contributed by atoms with Gasteiger partial charge >= 0.3 is 6.18 Å². The quantitative estimate of drug-likeness (QED) is 0.606. The third-order valence-corrected chi connectivity index (χ3v) is 4.41. The molecule has 9 heteroatoms. The third kappa shape index (κ3) is 3.06. The van der Waals surface area contributed by atoms with Gasteiger partial charge in [0.05, 0.1) is 12.8 Å². The summed E-state index contributed by atoms with van der Waals surface area (Å²) in [6, 6.07) is 3.36. The molecular formula is C16H15ClF3N3O2. The highest BCUT2D eigenvalue weighted by atomic mass is 35.5. The lowest BCUT2D eigenvalue weighted by atomic mass is 10.1. The fourth-order valence-electron chi connectivity index (χ4n) is 3.10. The number of Topliss-reactive ketones (excluding diaryl/α,β-unsaturated/α-hetero) is 1. The minimum Gasteiger partial charge on any atom is -0.494 e. The molecule has 0 saturated carbocycles. The van der Waals surface area contributed by atoms with Gasteiger partial charge in [-0.15, -0.1) is 0 Å². The second kappa shape index (κ2) is 6.25. The molecule has 2 aromatic rings. The normalized spacial score (nSPS) is 13.9. The highest BCUT2D eigenvalue weighted by Crippen LogP contribution is 2.42. The zero-order valence-electron chi connectivity index (χ0n) is 13.5. The fraction of sp³-hybridized carbons (Fsp3) is 0.375. The highest BCUT2D eigenvalue weighted by molar-refractivity contribution is 6.29. The number of carbonyl (C=O) groups is 1. The Bertz CT molecular complexity index is 816. The van der Waals surface area contributed by atoms with E-state index in [4.69, 9.17) is 16.3 Å². The summed E-state index contributed by atoms with van der Waals surface area (Å²) in [6.45, 7) is 2.92. The number of hydrogen-bond acceptors (Lipinski definition) is 4. The number of methoxy groups -OCH3 is 1. The van der Waals surface area contributed by atoms with E-state index < -0.39 is 17.5 Å². The zero-order chi connectivity index (χ0) is 18.4. The predicted octanol–water partition coefficient (Wildman–Crippen LogP) is 3.62. The van der Waals surface area contributed by atoms with Crippen molar-refractivity contribution >= 4 is 23.2 Å². The largest absolute Gasteiger partial charge is 0.494 e. The topological polar surface area (TPSA) is 47.4 Å². The van der Waals surface area contributed by atoms with Gasteiger partial charge in [-0.2, -0.15) is 13.2 Å². The number of halogens is 4. The molecule has 0 saturated heterocycles. The number of anilines is 1. The van der Waals surface area contributed by atoms with Gasteiger partial charge in [0.1, 0.15) is 16.5 Å². The molecule has 134 valence electrons. The summed E-state index contributed by atoms with van der Waals surface area (Å²) in [5.74, 6) is -1.70. The smallest absolute Gasteiger partial charge is 0.455 e. The molecule has 0 spiro atoms. The molecule has 1 aliphatic heterocycles. The van der Waals surface area contributed by atoms with E-state index in [1.165, 1.54) is 7.11 Å². The summed E-state index contributed by atoms with van der Waals surface area (Å²) in [7, 11) is 1.26. The second-order valence-corrected chi connectivity index (χ2v) is 6.09. The van der Waals surface area contributed by atoms with Crippen molar-refractivity contribution in [3.63, 3.8) is 0 Å². The first-order valence-corrected chi connectivity index (χ1v) is 7.85. The first-order chi connectivity index (χ1) is 11.7. The van der Waals surface area contributed by atoms with Crippen LogP contribution in [0.25, 0.3) is 0 Å². The summed E-state index contributed by atoms with van der Waals surface area (Å²) in [5, 5.41) is 0.332. The maximum absolute atomic E-state index is 13.1. The number of ketones is 1. The Kier molecular flexibility index (Phi) is 4.40. The minimum atomic E-state index is -4.97. The number of carbonyl (C=O) groups excluding carboxylic acids is 1. The van der Waals surface area contributed by atoms with Crippen molar-refractivity contribution in [3.05, 3.63) is 40.3 Å². The van der Waals surface area contributed by atoms with Gasteiger partial charge in [-0.05, 0) is 18.6 Å². The first-order valence-electron chi connectivity index (χ1n) is 7.48. The Morgan fingerprint density at radius 2 is 2.08 bits per heavy atom. The fourth-order valence-corrected chi connectivity index (χ4v) is 3.21. The lowest BCUT2D eigenvalue weighted by Gasteiger charge is -2.19. The summed E-state index contributed by atoms with van der Waals surface area (Å²) in [5.41, 5.74) is 0.842. The molecule has 25 heavy (non-hydrogen) atoms. The van der Waals surface area contributed by atoms with E-state index in [1.807, 2.05) is 0 Å². The van der Waals surface area contributed by atoms with E-state index in [9.17, 15) is 18.0 Å². The Hall–Kier alpha value is -2.22. The molecule has 5 nitrogen and oxygen atoms in total. The van der Waals surface area contributed by atoms with Crippen LogP contribution in [0.15, 0.2) is 18.3 Å². The van der Waals surface area contributed by atoms with E-state index in [0.29, 0.717) is 30.5 Å². The molecule has 3 heterocycles. The van der Waals surface area contributed by atoms with Crippen molar-refractivity contribution in [2.24, 2.45) is 0 Å². The Balaban J connectivity index is 2.05. The van der Waals surface area contributed by atoms with Crippen molar-refractivity contribution in [3.8, 4) is 5.75 Å². The van der Waals surface area contributed by atoms with E-state index in [1.54, 1.807) is 34.7 Å². The predicted molar refractivity (Wildman–Crippen MR) is 86.4 cm³/mol. The van der Waals surface area contributed by atoms with Crippen molar-refractivity contribution in [2.45, 2.75) is 26.2 Å². The summed E-state index contributed by atoms with van der Waals surface area (Å²) in [6.07, 6.45) is -3.41. The van der Waals surface area contributed by atoms with E-state index in [2.05, 4.69) is 4.98 Å². The minimum absolute atomic E-state index is 0.0312. The van der Waals surface area contributed by atoms with E-state index in [-0.39, 0.29) is 11.6 Å². The number of fused-ring (bicyclic) bond motifs is 1. The molecule has 3 rings (SSSR count). The SMILES string of the molecule is COc1c(C(=O)C(F)(F)F)c2n(c1C)CCN2Cc1ccc(Cl)nc1. The highest BCUT2D eigenvalue weighted by Gasteiger charge is 2.46. The molecular weight excluding hydrogens is 359 g/mol. The molecule has 1 aliphatic rings. The number of hydrogen-bond donors (Lipinski definition) is 0. The van der Waals surface area contributed by atoms with Gasteiger partial charge in [-0.25, -0.2) is 4.98 Å². The molecule has 0 radical (unpaired) electrons. The molecule has 0 fully saturated rings. The Morgan fingerprint density at radius 3 is 2.64 bits per heavy atom. The maximum Gasteiger partial charge on any atom is 0.455 e. The third-order valence-electron chi connectivity index (χ3n) is 4.18. The monoisotopic (exact) mass is 373 g/mol. The van der Waals surface area contributed by atoms with Crippen molar-refractivity contribution in [2.75, 3.05) is 18.6 Å². The first kappa shape index (κ1) is 17.6. The molecule has 0 amide bonds. The lowest BCUT2D eigenvalue weighted by Crippen LogP contribution is -2.27. The molecule has 0 aliphatic carbocycles. The standard InChI is InChI=1S/C16H15ClF3N3O2/c1-9-13(25-2)12(14(24)16(18,19)20)15-22(5-6-23(9)15)8-10-3-4-11(17)21-7-10/h3-4,7H,5-6,8H2,1-2H3. The van der Waals surface area contributed by atoms with Crippen LogP contribution < -0.4 is 9.64 Å². The number of nitrogens with zero attached hydrogens (tertiary/aromatic N) is 3. The van der Waals surface area contributed by atoms with Gasteiger partial charge in [0, 0.05) is 25.8 Å². The number of ether oxygens (including phenoxy) is 1. The van der Waals surface area contributed by atoms with Crippen LogP contribution in [0.5, 0.6) is 5.75 Å². The van der Waals surface area contributed by atoms with E-state index in [0.717, 1.165) is 5.56 Å². The summed E-state index contributed by atoms with van der Waals surface area (Å²) >= 11 is 5.75. The Morgan fingerprint density at radius 1 is 1.36 bits per heavy atom. The molecule has 2 aromatic heterocycles. The van der Waals surface area contributed by atoms with Crippen LogP contribution in [0.4, 0.5) is 19.0 Å². The zero-order valence-corrected chi connectivity index (χ0v) is 14.3. The van der Waals surface area contributed by atoms with Crippen molar-refractivity contribution < 1.29 is 22.7 Å². The average molecular weight is 374 g/mol. The van der Waals surface area contributed by atoms with Crippen LogP contribution in [-0.4, -0.2) is 35.2 Å².